The fourth-order valence-corrected chi connectivity index (χ4v) is 6.18. The highest BCUT2D eigenvalue weighted by Crippen LogP contribution is 2.53. The van der Waals surface area contributed by atoms with Gasteiger partial charge in [-0.1, -0.05) is 13.8 Å². The first kappa shape index (κ1) is 29.9. The first-order valence-corrected chi connectivity index (χ1v) is 13.2. The van der Waals surface area contributed by atoms with E-state index >= 15 is 0 Å². The molecule has 13 heteroatoms. The maximum Gasteiger partial charge on any atom is 0.411 e. The van der Waals surface area contributed by atoms with Gasteiger partial charge in [-0.15, -0.1) is 0 Å². The summed E-state index contributed by atoms with van der Waals surface area (Å²) in [5.74, 6) is -7.39. The molecule has 0 radical (unpaired) electrons. The molecule has 3 aliphatic carbocycles. The number of ketones is 2. The van der Waals surface area contributed by atoms with Crippen LogP contribution in [0.4, 0.5) is 16.2 Å². The molecular weight excluding hydrogens is 536 g/mol. The van der Waals surface area contributed by atoms with Gasteiger partial charge in [0, 0.05) is 31.3 Å². The predicted octanol–water partition coefficient (Wildman–Crippen LogP) is 1.39. The molecule has 7 N–H and O–H groups in total. The molecule has 41 heavy (non-hydrogen) atoms. The van der Waals surface area contributed by atoms with Crippen molar-refractivity contribution in [3.8, 4) is 5.75 Å². The van der Waals surface area contributed by atoms with Crippen LogP contribution >= 0.6 is 0 Å². The Morgan fingerprint density at radius 3 is 2.34 bits per heavy atom. The van der Waals surface area contributed by atoms with Crippen LogP contribution in [0, 0.1) is 17.8 Å². The van der Waals surface area contributed by atoms with Crippen molar-refractivity contribution in [1.29, 1.82) is 0 Å². The fraction of sp³-hybridized carbons (Fsp3) is 0.500. The number of likely N-dealkylation sites (N-methyl/N-ethyl adjacent to an activating group) is 1. The Balaban J connectivity index is 1.89. The van der Waals surface area contributed by atoms with Crippen molar-refractivity contribution in [2.24, 2.45) is 23.5 Å². The van der Waals surface area contributed by atoms with Gasteiger partial charge < -0.3 is 35.8 Å². The molecule has 3 aliphatic rings. The van der Waals surface area contributed by atoms with Gasteiger partial charge in [0.25, 0.3) is 5.91 Å². The maximum absolute atomic E-state index is 14.0. The number of amides is 2. The maximum atomic E-state index is 14.0. The number of aliphatic hydroxyl groups is 3. The minimum Gasteiger partial charge on any atom is -0.510 e. The number of aliphatic hydroxyl groups excluding tert-OH is 2. The van der Waals surface area contributed by atoms with Crippen molar-refractivity contribution < 1.29 is 44.3 Å². The average molecular weight is 573 g/mol. The Kier molecular flexibility index (Phi) is 7.56. The quantitative estimate of drug-likeness (QED) is 0.212. The monoisotopic (exact) mass is 572 g/mol. The Morgan fingerprint density at radius 1 is 1.17 bits per heavy atom. The van der Waals surface area contributed by atoms with Crippen LogP contribution in [-0.4, -0.2) is 95.3 Å². The first-order chi connectivity index (χ1) is 19.0. The van der Waals surface area contributed by atoms with Crippen LogP contribution in [0.15, 0.2) is 28.7 Å². The second-order valence-corrected chi connectivity index (χ2v) is 11.6. The number of benzene rings is 1. The van der Waals surface area contributed by atoms with Crippen LogP contribution in [0.2, 0.25) is 0 Å². The number of fused-ring (bicyclic) bond motifs is 3. The van der Waals surface area contributed by atoms with Crippen LogP contribution in [0.5, 0.6) is 5.75 Å². The summed E-state index contributed by atoms with van der Waals surface area (Å²) >= 11 is 0. The van der Waals surface area contributed by atoms with Crippen molar-refractivity contribution in [2.75, 3.05) is 45.0 Å². The van der Waals surface area contributed by atoms with E-state index in [2.05, 4.69) is 5.32 Å². The number of aromatic hydroxyl groups is 1. The first-order valence-electron chi connectivity index (χ1n) is 13.2. The number of hydrogen-bond donors (Lipinski definition) is 6. The fourth-order valence-electron chi connectivity index (χ4n) is 6.18. The number of nitrogens with zero attached hydrogens (tertiary/aromatic N) is 2. The molecule has 2 amide bonds. The van der Waals surface area contributed by atoms with Crippen molar-refractivity contribution in [3.05, 3.63) is 39.9 Å². The highest BCUT2D eigenvalue weighted by molar-refractivity contribution is 6.25. The normalized spacial score (nSPS) is 25.6. The van der Waals surface area contributed by atoms with E-state index in [0.29, 0.717) is 11.3 Å². The second-order valence-electron chi connectivity index (χ2n) is 11.6. The second kappa shape index (κ2) is 10.4. The number of phenolic OH excluding ortho intramolecular Hbond substituents is 1. The number of phenols is 1. The molecule has 4 unspecified atom stereocenters. The van der Waals surface area contributed by atoms with E-state index in [0.717, 1.165) is 0 Å². The Hall–Kier alpha value is -4.10. The smallest absolute Gasteiger partial charge is 0.411 e. The molecule has 0 saturated carbocycles. The lowest BCUT2D eigenvalue weighted by Gasteiger charge is -2.50. The lowest BCUT2D eigenvalue weighted by atomic mass is 9.58. The molecule has 13 nitrogen and oxygen atoms in total. The van der Waals surface area contributed by atoms with Crippen molar-refractivity contribution >= 4 is 34.9 Å². The molecule has 0 aliphatic heterocycles. The van der Waals surface area contributed by atoms with Gasteiger partial charge in [0.2, 0.25) is 5.78 Å². The van der Waals surface area contributed by atoms with Crippen LogP contribution in [0.25, 0.3) is 0 Å². The van der Waals surface area contributed by atoms with Gasteiger partial charge in [0.05, 0.1) is 23.9 Å². The minimum atomic E-state index is -2.74. The number of ether oxygens (including phenoxy) is 1. The molecule has 0 fully saturated rings. The number of carbonyl (C=O) groups excluding carboxylic acids is 4. The average Bonchev–Trinajstić information content (AvgIpc) is 2.85. The molecular formula is C28H36N4O9. The van der Waals surface area contributed by atoms with Gasteiger partial charge in [-0.25, -0.2) is 4.79 Å². The predicted molar refractivity (Wildman–Crippen MR) is 148 cm³/mol. The lowest BCUT2D eigenvalue weighted by Crippen LogP contribution is -2.63. The van der Waals surface area contributed by atoms with Crippen LogP contribution in [0.1, 0.15) is 36.2 Å². The Bertz CT molecular complexity index is 1410. The summed E-state index contributed by atoms with van der Waals surface area (Å²) in [5.41, 5.74) is 2.09. The Labute approximate surface area is 236 Å². The number of allylic oxidation sites excluding steroid dienone is 1. The van der Waals surface area contributed by atoms with Crippen LogP contribution in [-0.2, 0) is 20.7 Å². The molecule has 222 valence electrons. The molecule has 1 aromatic carbocycles. The van der Waals surface area contributed by atoms with E-state index in [1.165, 1.54) is 11.0 Å². The van der Waals surface area contributed by atoms with Crippen LogP contribution in [0.3, 0.4) is 0 Å². The Morgan fingerprint density at radius 2 is 1.80 bits per heavy atom. The van der Waals surface area contributed by atoms with E-state index in [1.807, 2.05) is 13.8 Å². The van der Waals surface area contributed by atoms with Gasteiger partial charge in [-0.05, 0) is 50.4 Å². The number of nitrogens with one attached hydrogen (secondary N) is 1. The third-order valence-electron chi connectivity index (χ3n) is 7.97. The third kappa shape index (κ3) is 4.58. The van der Waals surface area contributed by atoms with E-state index in [-0.39, 0.29) is 42.2 Å². The lowest BCUT2D eigenvalue weighted by molar-refractivity contribution is -0.148. The highest BCUT2D eigenvalue weighted by atomic mass is 16.5. The van der Waals surface area contributed by atoms with Gasteiger partial charge in [0.15, 0.2) is 17.1 Å². The van der Waals surface area contributed by atoms with Gasteiger partial charge >= 0.3 is 6.09 Å². The largest absolute Gasteiger partial charge is 0.510 e. The third-order valence-corrected chi connectivity index (χ3v) is 7.97. The number of carbonyl (C=O) groups is 4. The molecule has 1 aromatic rings. The SMILES string of the molecule is CC(C)COC(=O)Nc1cc(N(C)C)c2c(c1O)C(=O)C1=C(O)C3(O)C(=O)C(C(N)=O)=C(O)C(N(C)C)C3CC1C2. The van der Waals surface area contributed by atoms with Crippen molar-refractivity contribution in [2.45, 2.75) is 38.3 Å². The summed E-state index contributed by atoms with van der Waals surface area (Å²) in [6.45, 7) is 3.83. The van der Waals surface area contributed by atoms with E-state index in [1.54, 1.807) is 33.1 Å². The highest BCUT2D eigenvalue weighted by Gasteiger charge is 2.63. The van der Waals surface area contributed by atoms with Gasteiger partial charge in [-0.3, -0.25) is 24.6 Å². The topological polar surface area (TPSA) is 203 Å². The van der Waals surface area contributed by atoms with Crippen molar-refractivity contribution in [1.82, 2.24) is 4.90 Å². The minimum absolute atomic E-state index is 0.0269. The van der Waals surface area contributed by atoms with Gasteiger partial charge in [-0.2, -0.15) is 0 Å². The summed E-state index contributed by atoms with van der Waals surface area (Å²) in [5, 5.41) is 47.7. The van der Waals surface area contributed by atoms with Gasteiger partial charge in [0.1, 0.15) is 17.1 Å². The summed E-state index contributed by atoms with van der Waals surface area (Å²) < 4.78 is 5.14. The zero-order chi connectivity index (χ0) is 30.7. The van der Waals surface area contributed by atoms with E-state index in [9.17, 15) is 39.6 Å². The number of nitrogens with two attached hydrogens (primary N) is 1. The van der Waals surface area contributed by atoms with Crippen molar-refractivity contribution in [3.63, 3.8) is 0 Å². The molecule has 0 bridgehead atoms. The number of anilines is 2. The molecule has 0 saturated heterocycles. The molecule has 0 aromatic heterocycles. The molecule has 4 atom stereocenters. The molecule has 4 rings (SSSR count). The summed E-state index contributed by atoms with van der Waals surface area (Å²) in [4.78, 5) is 55.1. The standard InChI is InChI=1S/C28H36N4O9/c1-11(2)10-41-27(39)30-15-9-16(31(3)4)13-7-12-8-14-20(32(5)6)23(35)19(26(29)38)25(37)28(14,40)24(36)17(12)22(34)18(13)21(15)33/h9,11-12,14,20,33,35-36,40H,7-8,10H2,1-6H3,(H2,29,38)(H,30,39). The van der Waals surface area contributed by atoms with Crippen LogP contribution < -0.4 is 16.0 Å². The number of primary amides is 1. The van der Waals surface area contributed by atoms with E-state index < -0.39 is 69.9 Å². The zero-order valence-corrected chi connectivity index (χ0v) is 23.8. The summed E-state index contributed by atoms with van der Waals surface area (Å²) in [7, 11) is 6.57. The number of Topliss-reactive ketones (excluding diaryl/α,β-unsaturated/α-hetero) is 2. The molecule has 0 spiro atoms. The van der Waals surface area contributed by atoms with E-state index in [4.69, 9.17) is 10.5 Å². The summed E-state index contributed by atoms with van der Waals surface area (Å²) in [6, 6.07) is 0.428. The number of hydrogen-bond acceptors (Lipinski definition) is 11. The summed E-state index contributed by atoms with van der Waals surface area (Å²) in [6.07, 6.45) is -0.751. The molecule has 0 heterocycles. The zero-order valence-electron chi connectivity index (χ0n) is 23.8. The number of rotatable bonds is 6.